The van der Waals surface area contributed by atoms with Crippen molar-refractivity contribution in [3.8, 4) is 17.0 Å². The molecule has 0 aliphatic carbocycles. The normalized spacial score (nSPS) is 12.7. The summed E-state index contributed by atoms with van der Waals surface area (Å²) >= 11 is 7.52. The highest BCUT2D eigenvalue weighted by molar-refractivity contribution is 7.07. The number of aromatic nitrogens is 1. The van der Waals surface area contributed by atoms with E-state index in [9.17, 15) is 9.18 Å². The zero-order valence-electron chi connectivity index (χ0n) is 17.1. The molecule has 2 N–H and O–H groups in total. The minimum Gasteiger partial charge on any atom is -0.494 e. The molecule has 0 aliphatic heterocycles. The molecule has 3 rings (SSSR count). The van der Waals surface area contributed by atoms with Crippen molar-refractivity contribution < 1.29 is 19.0 Å². The van der Waals surface area contributed by atoms with Gasteiger partial charge in [0.05, 0.1) is 12.8 Å². The van der Waals surface area contributed by atoms with Crippen LogP contribution in [0.25, 0.3) is 11.3 Å². The first-order valence-electron chi connectivity index (χ1n) is 9.67. The molecule has 6 nitrogen and oxygen atoms in total. The largest absolute Gasteiger partial charge is 0.494 e. The first kappa shape index (κ1) is 23.0. The van der Waals surface area contributed by atoms with Crippen molar-refractivity contribution in [3.05, 3.63) is 63.5 Å². The zero-order chi connectivity index (χ0) is 22.4. The topological polar surface area (TPSA) is 75.8 Å². The molecule has 1 atom stereocenters. The summed E-state index contributed by atoms with van der Waals surface area (Å²) in [5.41, 5.74) is 2.42. The predicted octanol–water partition coefficient (Wildman–Crippen LogP) is 4.70. The Morgan fingerprint density at radius 3 is 2.74 bits per heavy atom. The molecule has 31 heavy (non-hydrogen) atoms. The Hall–Kier alpha value is -2.68. The SMILES string of the molecule is COc1cc(Cl)ccc1N=c1scc(-c2ccc(F)cc2)n1CCCN[C@@H](C)C(=O)O. The van der Waals surface area contributed by atoms with Crippen molar-refractivity contribution in [1.82, 2.24) is 9.88 Å². The number of ether oxygens (including phenoxy) is 1. The minimum atomic E-state index is -0.888. The van der Waals surface area contributed by atoms with Crippen LogP contribution in [0.5, 0.6) is 5.75 Å². The molecular formula is C22H23ClFN3O3S. The van der Waals surface area contributed by atoms with E-state index >= 15 is 0 Å². The van der Waals surface area contributed by atoms with Gasteiger partial charge in [0.2, 0.25) is 0 Å². The van der Waals surface area contributed by atoms with Crippen LogP contribution in [0.2, 0.25) is 5.02 Å². The predicted molar refractivity (Wildman–Crippen MR) is 121 cm³/mol. The lowest BCUT2D eigenvalue weighted by atomic mass is 10.1. The highest BCUT2D eigenvalue weighted by Gasteiger charge is 2.12. The van der Waals surface area contributed by atoms with E-state index in [4.69, 9.17) is 26.4 Å². The summed E-state index contributed by atoms with van der Waals surface area (Å²) in [4.78, 5) is 16.5. The van der Waals surface area contributed by atoms with Crippen LogP contribution in [0, 0.1) is 5.82 Å². The number of nitrogens with zero attached hydrogens (tertiary/aromatic N) is 2. The zero-order valence-corrected chi connectivity index (χ0v) is 18.7. The van der Waals surface area contributed by atoms with Gasteiger partial charge >= 0.3 is 5.97 Å². The van der Waals surface area contributed by atoms with Crippen molar-refractivity contribution in [2.24, 2.45) is 4.99 Å². The quantitative estimate of drug-likeness (QED) is 0.451. The van der Waals surface area contributed by atoms with E-state index in [1.807, 2.05) is 9.95 Å². The third kappa shape index (κ3) is 5.94. The van der Waals surface area contributed by atoms with Gasteiger partial charge in [0.1, 0.15) is 23.3 Å². The van der Waals surface area contributed by atoms with Crippen LogP contribution in [0.1, 0.15) is 13.3 Å². The maximum atomic E-state index is 13.4. The Balaban J connectivity index is 1.95. The summed E-state index contributed by atoms with van der Waals surface area (Å²) in [6, 6.07) is 10.9. The second-order valence-electron chi connectivity index (χ2n) is 6.86. The van der Waals surface area contributed by atoms with Gasteiger partial charge in [-0.15, -0.1) is 11.3 Å². The molecule has 0 radical (unpaired) electrons. The van der Waals surface area contributed by atoms with Gasteiger partial charge in [-0.2, -0.15) is 0 Å². The van der Waals surface area contributed by atoms with Gasteiger partial charge in [0, 0.05) is 23.0 Å². The van der Waals surface area contributed by atoms with Crippen molar-refractivity contribution in [2.75, 3.05) is 13.7 Å². The lowest BCUT2D eigenvalue weighted by Crippen LogP contribution is -2.34. The van der Waals surface area contributed by atoms with Crippen LogP contribution in [0.15, 0.2) is 52.8 Å². The standard InChI is InChI=1S/C22H23ClFN3O3S/c1-14(21(28)29)25-10-3-11-27-19(15-4-7-17(24)8-5-15)13-31-22(27)26-18-9-6-16(23)12-20(18)30-2/h4-9,12-14,25H,3,10-11H2,1-2H3,(H,28,29)/t14-/m0/s1. The van der Waals surface area contributed by atoms with Crippen molar-refractivity contribution in [3.63, 3.8) is 0 Å². The summed E-state index contributed by atoms with van der Waals surface area (Å²) in [7, 11) is 1.56. The highest BCUT2D eigenvalue weighted by Crippen LogP contribution is 2.30. The number of hydrogen-bond donors (Lipinski definition) is 2. The van der Waals surface area contributed by atoms with Crippen molar-refractivity contribution in [1.29, 1.82) is 0 Å². The summed E-state index contributed by atoms with van der Waals surface area (Å²) in [6.07, 6.45) is 0.688. The fourth-order valence-electron chi connectivity index (χ4n) is 2.98. The van der Waals surface area contributed by atoms with Gasteiger partial charge in [-0.05, 0) is 61.9 Å². The second-order valence-corrected chi connectivity index (χ2v) is 8.13. The Kier molecular flexibility index (Phi) is 7.84. The summed E-state index contributed by atoms with van der Waals surface area (Å²) < 4.78 is 20.8. The number of carbonyl (C=O) groups is 1. The van der Waals surface area contributed by atoms with Gasteiger partial charge in [0.25, 0.3) is 0 Å². The number of hydrogen-bond acceptors (Lipinski definition) is 5. The lowest BCUT2D eigenvalue weighted by molar-refractivity contribution is -0.138. The van der Waals surface area contributed by atoms with Crippen LogP contribution in [0.4, 0.5) is 10.1 Å². The first-order valence-corrected chi connectivity index (χ1v) is 10.9. The average Bonchev–Trinajstić information content (AvgIpc) is 3.15. The molecule has 9 heteroatoms. The smallest absolute Gasteiger partial charge is 0.320 e. The van der Waals surface area contributed by atoms with E-state index in [2.05, 4.69) is 5.32 Å². The number of carboxylic acids is 1. The number of rotatable bonds is 9. The summed E-state index contributed by atoms with van der Waals surface area (Å²) in [5, 5.41) is 14.5. The van der Waals surface area contributed by atoms with Gasteiger partial charge in [0.15, 0.2) is 4.80 Å². The number of carboxylic acid groups (broad SMARTS) is 1. The lowest BCUT2D eigenvalue weighted by Gasteiger charge is -2.12. The number of thiazole rings is 1. The number of nitrogens with one attached hydrogen (secondary N) is 1. The molecule has 1 heterocycles. The van der Waals surface area contributed by atoms with Crippen LogP contribution in [-0.2, 0) is 11.3 Å². The molecule has 0 fully saturated rings. The van der Waals surface area contributed by atoms with Gasteiger partial charge < -0.3 is 19.7 Å². The monoisotopic (exact) mass is 463 g/mol. The van der Waals surface area contributed by atoms with E-state index in [1.54, 1.807) is 44.4 Å². The summed E-state index contributed by atoms with van der Waals surface area (Å²) in [6.45, 7) is 2.74. The summed E-state index contributed by atoms with van der Waals surface area (Å²) in [5.74, 6) is -0.623. The number of methoxy groups -OCH3 is 1. The van der Waals surface area contributed by atoms with Crippen molar-refractivity contribution >= 4 is 34.6 Å². The number of aliphatic carboxylic acids is 1. The maximum absolute atomic E-state index is 13.4. The number of benzene rings is 2. The van der Waals surface area contributed by atoms with Gasteiger partial charge in [-0.3, -0.25) is 4.79 Å². The van der Waals surface area contributed by atoms with Crippen LogP contribution in [0.3, 0.4) is 0 Å². The van der Waals surface area contributed by atoms with Gasteiger partial charge in [-0.1, -0.05) is 11.6 Å². The Morgan fingerprint density at radius 2 is 2.06 bits per heavy atom. The molecule has 0 saturated carbocycles. The van der Waals surface area contributed by atoms with Gasteiger partial charge in [-0.25, -0.2) is 9.38 Å². The molecule has 3 aromatic rings. The highest BCUT2D eigenvalue weighted by atomic mass is 35.5. The van der Waals surface area contributed by atoms with E-state index in [-0.39, 0.29) is 5.82 Å². The third-order valence-electron chi connectivity index (χ3n) is 4.67. The number of halogens is 2. The van der Waals surface area contributed by atoms with Crippen LogP contribution >= 0.6 is 22.9 Å². The molecule has 0 spiro atoms. The first-order chi connectivity index (χ1) is 14.9. The maximum Gasteiger partial charge on any atom is 0.320 e. The van der Waals surface area contributed by atoms with Crippen molar-refractivity contribution in [2.45, 2.75) is 25.9 Å². The van der Waals surface area contributed by atoms with E-state index in [0.717, 1.165) is 16.1 Å². The average molecular weight is 464 g/mol. The minimum absolute atomic E-state index is 0.298. The molecule has 0 bridgehead atoms. The Bertz CT molecular complexity index is 1110. The third-order valence-corrected chi connectivity index (χ3v) is 5.77. The van der Waals surface area contributed by atoms with E-state index in [0.29, 0.717) is 36.0 Å². The van der Waals surface area contributed by atoms with E-state index < -0.39 is 12.0 Å². The second kappa shape index (κ2) is 10.6. The molecule has 0 saturated heterocycles. The molecule has 1 aromatic heterocycles. The molecule has 0 unspecified atom stereocenters. The fraction of sp³-hybridized carbons (Fsp3) is 0.273. The Morgan fingerprint density at radius 1 is 1.32 bits per heavy atom. The molecular weight excluding hydrogens is 441 g/mol. The fourth-order valence-corrected chi connectivity index (χ4v) is 4.09. The molecule has 164 valence electrons. The van der Waals surface area contributed by atoms with E-state index in [1.165, 1.54) is 23.5 Å². The Labute approximate surface area is 188 Å². The molecule has 2 aromatic carbocycles. The van der Waals surface area contributed by atoms with Crippen LogP contribution < -0.4 is 14.9 Å². The van der Waals surface area contributed by atoms with Crippen LogP contribution in [-0.4, -0.2) is 35.3 Å². The molecule has 0 aliphatic rings. The molecule has 0 amide bonds.